The van der Waals surface area contributed by atoms with Crippen LogP contribution in [-0.2, 0) is 6.54 Å². The number of anilines is 1. The molecule has 0 bridgehead atoms. The van der Waals surface area contributed by atoms with Gasteiger partial charge in [0.05, 0.1) is 0 Å². The van der Waals surface area contributed by atoms with Gasteiger partial charge in [0, 0.05) is 37.1 Å². The largest absolute Gasteiger partial charge is 0.371 e. The lowest BCUT2D eigenvalue weighted by atomic mass is 10.1. The van der Waals surface area contributed by atoms with Gasteiger partial charge in [0.2, 0.25) is 0 Å². The molecule has 1 saturated carbocycles. The lowest BCUT2D eigenvalue weighted by molar-refractivity contribution is 0.685. The maximum atomic E-state index is 3.61. The molecule has 0 aromatic heterocycles. The molecule has 0 unspecified atom stereocenters. The van der Waals surface area contributed by atoms with Crippen LogP contribution in [0, 0.1) is 6.92 Å². The van der Waals surface area contributed by atoms with Crippen molar-refractivity contribution in [2.75, 3.05) is 29.5 Å². The second kappa shape index (κ2) is 6.19. The molecule has 19 heavy (non-hydrogen) atoms. The predicted molar refractivity (Wildman–Crippen MR) is 85.2 cm³/mol. The van der Waals surface area contributed by atoms with Crippen molar-refractivity contribution in [1.29, 1.82) is 0 Å². The summed E-state index contributed by atoms with van der Waals surface area (Å²) in [5.74, 6) is 2.59. The van der Waals surface area contributed by atoms with Crippen molar-refractivity contribution < 1.29 is 0 Å². The van der Waals surface area contributed by atoms with Gasteiger partial charge in [0.15, 0.2) is 0 Å². The Bertz CT molecular complexity index is 421. The van der Waals surface area contributed by atoms with Gasteiger partial charge < -0.3 is 10.2 Å². The normalized spacial score (nSPS) is 20.4. The highest BCUT2D eigenvalue weighted by atomic mass is 32.2. The van der Waals surface area contributed by atoms with Crippen molar-refractivity contribution in [3.8, 4) is 0 Å². The fraction of sp³-hybridized carbons (Fsp3) is 0.625. The van der Waals surface area contributed by atoms with Crippen LogP contribution in [0.4, 0.5) is 5.69 Å². The summed E-state index contributed by atoms with van der Waals surface area (Å²) in [4.78, 5) is 2.55. The molecule has 3 rings (SSSR count). The third-order valence-corrected chi connectivity index (χ3v) is 5.12. The Kier molecular flexibility index (Phi) is 4.34. The third-order valence-electron chi connectivity index (χ3n) is 4.07. The minimum absolute atomic E-state index is 0.793. The molecule has 1 aliphatic carbocycles. The molecule has 0 amide bonds. The second-order valence-corrected chi connectivity index (χ2v) is 6.94. The summed E-state index contributed by atoms with van der Waals surface area (Å²) in [5, 5.41) is 3.61. The van der Waals surface area contributed by atoms with E-state index in [1.807, 2.05) is 0 Å². The highest BCUT2D eigenvalue weighted by Gasteiger charge is 2.20. The summed E-state index contributed by atoms with van der Waals surface area (Å²) in [6.45, 7) is 5.70. The van der Waals surface area contributed by atoms with E-state index in [1.165, 1.54) is 60.7 Å². The summed E-state index contributed by atoms with van der Waals surface area (Å²) in [5.41, 5.74) is 4.30. The molecule has 1 aliphatic heterocycles. The van der Waals surface area contributed by atoms with Gasteiger partial charge in [-0.25, -0.2) is 0 Å². The molecule has 0 atom stereocenters. The minimum atomic E-state index is 0.793. The Morgan fingerprint density at radius 3 is 2.95 bits per heavy atom. The van der Waals surface area contributed by atoms with E-state index in [2.05, 4.69) is 47.1 Å². The van der Waals surface area contributed by atoms with Gasteiger partial charge in [-0.15, -0.1) is 0 Å². The standard InChI is InChI=1S/C16H24N2S/c1-13-11-16(18-7-2-9-19-10-8-18)6-3-14(13)12-17-15-4-5-15/h3,6,11,15,17H,2,4-5,7-10,12H2,1H3. The molecule has 3 heteroatoms. The number of nitrogens with zero attached hydrogens (tertiary/aromatic N) is 1. The fourth-order valence-corrected chi connectivity index (χ4v) is 3.51. The van der Waals surface area contributed by atoms with Crippen molar-refractivity contribution in [2.24, 2.45) is 0 Å². The number of thioether (sulfide) groups is 1. The zero-order chi connectivity index (χ0) is 13.1. The lowest BCUT2D eigenvalue weighted by Crippen LogP contribution is -2.25. The SMILES string of the molecule is Cc1cc(N2CCCSCC2)ccc1CNC1CC1. The average molecular weight is 276 g/mol. The molecule has 104 valence electrons. The molecule has 2 fully saturated rings. The van der Waals surface area contributed by atoms with E-state index in [0.717, 1.165) is 12.6 Å². The van der Waals surface area contributed by atoms with Crippen LogP contribution in [0.2, 0.25) is 0 Å². The summed E-state index contributed by atoms with van der Waals surface area (Å²) < 4.78 is 0. The molecule has 0 radical (unpaired) electrons. The Balaban J connectivity index is 1.66. The van der Waals surface area contributed by atoms with Crippen LogP contribution >= 0.6 is 11.8 Å². The molecule has 2 aliphatic rings. The highest BCUT2D eigenvalue weighted by molar-refractivity contribution is 7.99. The molecule has 0 spiro atoms. The van der Waals surface area contributed by atoms with Crippen LogP contribution in [0.3, 0.4) is 0 Å². The molecule has 1 aromatic carbocycles. The van der Waals surface area contributed by atoms with Crippen LogP contribution in [0.5, 0.6) is 0 Å². The van der Waals surface area contributed by atoms with Crippen molar-refractivity contribution in [1.82, 2.24) is 5.32 Å². The number of nitrogens with one attached hydrogen (secondary N) is 1. The van der Waals surface area contributed by atoms with Gasteiger partial charge >= 0.3 is 0 Å². The van der Waals surface area contributed by atoms with Gasteiger partial charge in [-0.1, -0.05) is 6.07 Å². The Morgan fingerprint density at radius 2 is 2.16 bits per heavy atom. The zero-order valence-corrected chi connectivity index (χ0v) is 12.6. The molecular weight excluding hydrogens is 252 g/mol. The maximum absolute atomic E-state index is 3.61. The molecule has 1 aromatic rings. The van der Waals surface area contributed by atoms with Gasteiger partial charge in [-0.05, 0) is 55.2 Å². The number of benzene rings is 1. The van der Waals surface area contributed by atoms with E-state index in [0.29, 0.717) is 0 Å². The van der Waals surface area contributed by atoms with E-state index < -0.39 is 0 Å². The topological polar surface area (TPSA) is 15.3 Å². The van der Waals surface area contributed by atoms with Crippen molar-refractivity contribution in [2.45, 2.75) is 38.8 Å². The highest BCUT2D eigenvalue weighted by Crippen LogP contribution is 2.24. The Morgan fingerprint density at radius 1 is 1.26 bits per heavy atom. The first-order valence-electron chi connectivity index (χ1n) is 7.48. The Hall–Kier alpha value is -0.670. The zero-order valence-electron chi connectivity index (χ0n) is 11.8. The monoisotopic (exact) mass is 276 g/mol. The molecule has 2 nitrogen and oxygen atoms in total. The van der Waals surface area contributed by atoms with Crippen molar-refractivity contribution in [3.05, 3.63) is 29.3 Å². The first-order valence-corrected chi connectivity index (χ1v) is 8.64. The smallest absolute Gasteiger partial charge is 0.0369 e. The van der Waals surface area contributed by atoms with E-state index in [4.69, 9.17) is 0 Å². The molecule has 1 N–H and O–H groups in total. The number of aryl methyl sites for hydroxylation is 1. The van der Waals surface area contributed by atoms with E-state index in [9.17, 15) is 0 Å². The first-order chi connectivity index (χ1) is 9.33. The van der Waals surface area contributed by atoms with Gasteiger partial charge in [-0.2, -0.15) is 11.8 Å². The summed E-state index contributed by atoms with van der Waals surface area (Å²) >= 11 is 2.09. The van der Waals surface area contributed by atoms with Crippen LogP contribution in [0.15, 0.2) is 18.2 Å². The van der Waals surface area contributed by atoms with Gasteiger partial charge in [0.25, 0.3) is 0 Å². The van der Waals surface area contributed by atoms with E-state index in [1.54, 1.807) is 0 Å². The first kappa shape index (κ1) is 13.3. The van der Waals surface area contributed by atoms with E-state index in [-0.39, 0.29) is 0 Å². The van der Waals surface area contributed by atoms with Crippen molar-refractivity contribution >= 4 is 17.4 Å². The summed E-state index contributed by atoms with van der Waals surface area (Å²) in [6.07, 6.45) is 4.04. The summed E-state index contributed by atoms with van der Waals surface area (Å²) in [7, 11) is 0. The number of rotatable bonds is 4. The average Bonchev–Trinajstić information content (AvgIpc) is 3.24. The number of hydrogen-bond acceptors (Lipinski definition) is 3. The predicted octanol–water partition coefficient (Wildman–Crippen LogP) is 3.19. The number of hydrogen-bond donors (Lipinski definition) is 1. The van der Waals surface area contributed by atoms with Crippen LogP contribution in [-0.4, -0.2) is 30.6 Å². The lowest BCUT2D eigenvalue weighted by Gasteiger charge is -2.23. The fourth-order valence-electron chi connectivity index (χ4n) is 2.62. The molecule has 1 heterocycles. The van der Waals surface area contributed by atoms with Gasteiger partial charge in [0.1, 0.15) is 0 Å². The minimum Gasteiger partial charge on any atom is -0.371 e. The third kappa shape index (κ3) is 3.67. The molecular formula is C16H24N2S. The second-order valence-electron chi connectivity index (χ2n) is 5.72. The Labute approximate surface area is 121 Å². The molecule has 1 saturated heterocycles. The van der Waals surface area contributed by atoms with Crippen molar-refractivity contribution in [3.63, 3.8) is 0 Å². The van der Waals surface area contributed by atoms with Crippen LogP contribution < -0.4 is 10.2 Å². The van der Waals surface area contributed by atoms with E-state index >= 15 is 0 Å². The van der Waals surface area contributed by atoms with Crippen LogP contribution in [0.1, 0.15) is 30.4 Å². The quantitative estimate of drug-likeness (QED) is 0.909. The maximum Gasteiger partial charge on any atom is 0.0369 e. The van der Waals surface area contributed by atoms with Gasteiger partial charge in [-0.3, -0.25) is 0 Å². The summed E-state index contributed by atoms with van der Waals surface area (Å²) in [6, 6.07) is 7.80. The van der Waals surface area contributed by atoms with Crippen LogP contribution in [0.25, 0.3) is 0 Å².